The van der Waals surface area contributed by atoms with Crippen LogP contribution in [0.4, 0.5) is 13.2 Å². The molecule has 2 N–H and O–H groups in total. The molecule has 1 atom stereocenters. The second-order valence-electron chi connectivity index (χ2n) is 2.90. The minimum Gasteiger partial charge on any atom is -0.326 e. The Morgan fingerprint density at radius 3 is 2.45 bits per heavy atom. The van der Waals surface area contributed by atoms with E-state index in [1.54, 1.807) is 0 Å². The minimum atomic E-state index is -4.08. The highest BCUT2D eigenvalue weighted by Crippen LogP contribution is 2.19. The second-order valence-corrected chi connectivity index (χ2v) is 2.90. The molecule has 0 aromatic heterocycles. The van der Waals surface area contributed by atoms with Crippen molar-refractivity contribution in [3.05, 3.63) is 0 Å². The topological polar surface area (TPSA) is 29.3 Å². The lowest BCUT2D eigenvalue weighted by molar-refractivity contribution is -0.143. The third-order valence-electron chi connectivity index (χ3n) is 1.71. The van der Waals surface area contributed by atoms with Crippen molar-refractivity contribution in [1.29, 1.82) is 0 Å². The molecule has 0 radical (unpaired) electrons. The Bertz CT molecular complexity index is 134. The molecule has 1 saturated heterocycles. The van der Waals surface area contributed by atoms with E-state index in [0.717, 1.165) is 0 Å². The lowest BCUT2D eigenvalue weighted by atomic mass is 10.3. The summed E-state index contributed by atoms with van der Waals surface area (Å²) >= 11 is 0. The van der Waals surface area contributed by atoms with Gasteiger partial charge in [-0.05, 0) is 6.42 Å². The van der Waals surface area contributed by atoms with Gasteiger partial charge < -0.3 is 5.73 Å². The van der Waals surface area contributed by atoms with Crippen molar-refractivity contribution in [1.82, 2.24) is 4.90 Å². The van der Waals surface area contributed by atoms with E-state index in [-0.39, 0.29) is 6.04 Å². The molecule has 66 valence electrons. The van der Waals surface area contributed by atoms with Gasteiger partial charge in [0.05, 0.1) is 6.54 Å². The van der Waals surface area contributed by atoms with E-state index >= 15 is 0 Å². The molecule has 1 rings (SSSR count). The van der Waals surface area contributed by atoms with Crippen molar-refractivity contribution in [3.8, 4) is 0 Å². The molecule has 11 heavy (non-hydrogen) atoms. The van der Waals surface area contributed by atoms with E-state index in [4.69, 9.17) is 5.73 Å². The number of alkyl halides is 3. The Labute approximate surface area is 63.2 Å². The van der Waals surface area contributed by atoms with Crippen LogP contribution in [0.1, 0.15) is 6.42 Å². The van der Waals surface area contributed by atoms with E-state index in [1.165, 1.54) is 4.90 Å². The predicted octanol–water partition coefficient (Wildman–Crippen LogP) is 0.582. The van der Waals surface area contributed by atoms with Crippen molar-refractivity contribution < 1.29 is 13.2 Å². The fraction of sp³-hybridized carbons (Fsp3) is 1.00. The van der Waals surface area contributed by atoms with Crippen LogP contribution < -0.4 is 5.73 Å². The molecule has 0 unspecified atom stereocenters. The maximum Gasteiger partial charge on any atom is 0.401 e. The van der Waals surface area contributed by atoms with Crippen LogP contribution in [0.25, 0.3) is 0 Å². The number of hydrogen-bond donors (Lipinski definition) is 1. The zero-order valence-electron chi connectivity index (χ0n) is 6.06. The summed E-state index contributed by atoms with van der Waals surface area (Å²) in [6, 6.07) is -0.0719. The monoisotopic (exact) mass is 168 g/mol. The molecule has 0 bridgehead atoms. The van der Waals surface area contributed by atoms with Gasteiger partial charge in [0.25, 0.3) is 0 Å². The van der Waals surface area contributed by atoms with Crippen LogP contribution in [-0.2, 0) is 0 Å². The second kappa shape index (κ2) is 2.98. The van der Waals surface area contributed by atoms with E-state index < -0.39 is 12.7 Å². The van der Waals surface area contributed by atoms with Crippen molar-refractivity contribution in [2.24, 2.45) is 5.73 Å². The number of hydrogen-bond acceptors (Lipinski definition) is 2. The van der Waals surface area contributed by atoms with Crippen molar-refractivity contribution in [3.63, 3.8) is 0 Å². The summed E-state index contributed by atoms with van der Waals surface area (Å²) < 4.78 is 35.3. The number of nitrogens with zero attached hydrogens (tertiary/aromatic N) is 1. The summed E-state index contributed by atoms with van der Waals surface area (Å²) in [5.74, 6) is 0. The van der Waals surface area contributed by atoms with Crippen LogP contribution in [0.15, 0.2) is 0 Å². The fourth-order valence-corrected chi connectivity index (χ4v) is 1.26. The molecule has 1 aliphatic rings. The molecule has 1 fully saturated rings. The number of rotatable bonds is 1. The summed E-state index contributed by atoms with van der Waals surface area (Å²) in [6.07, 6.45) is -3.40. The smallest absolute Gasteiger partial charge is 0.326 e. The molecule has 0 amide bonds. The summed E-state index contributed by atoms with van der Waals surface area (Å²) in [5.41, 5.74) is 5.43. The first-order valence-corrected chi connectivity index (χ1v) is 3.52. The average Bonchev–Trinajstić information content (AvgIpc) is 2.10. The normalized spacial score (nSPS) is 27.8. The SMILES string of the molecule is N[C@H]1CCN(CC(F)(F)F)C1. The lowest BCUT2D eigenvalue weighted by Crippen LogP contribution is -2.34. The van der Waals surface area contributed by atoms with Gasteiger partial charge in [0.2, 0.25) is 0 Å². The first-order valence-electron chi connectivity index (χ1n) is 3.52. The van der Waals surface area contributed by atoms with Gasteiger partial charge in [-0.1, -0.05) is 0 Å². The quantitative estimate of drug-likeness (QED) is 0.620. The molecule has 2 nitrogen and oxygen atoms in total. The molecule has 1 aliphatic heterocycles. The number of likely N-dealkylation sites (tertiary alicyclic amines) is 1. The van der Waals surface area contributed by atoms with Gasteiger partial charge in [0.1, 0.15) is 0 Å². The highest BCUT2D eigenvalue weighted by molar-refractivity contribution is 4.78. The van der Waals surface area contributed by atoms with Crippen LogP contribution in [0.2, 0.25) is 0 Å². The predicted molar refractivity (Wildman–Crippen MR) is 35.1 cm³/mol. The van der Waals surface area contributed by atoms with Gasteiger partial charge in [-0.15, -0.1) is 0 Å². The lowest BCUT2D eigenvalue weighted by Gasteiger charge is -2.16. The molecule has 0 aromatic carbocycles. The van der Waals surface area contributed by atoms with Crippen molar-refractivity contribution >= 4 is 0 Å². The first-order chi connectivity index (χ1) is 4.97. The van der Waals surface area contributed by atoms with E-state index in [1.807, 2.05) is 0 Å². The molecule has 0 saturated carbocycles. The number of nitrogens with two attached hydrogens (primary N) is 1. The van der Waals surface area contributed by atoms with Crippen LogP contribution in [0.3, 0.4) is 0 Å². The van der Waals surface area contributed by atoms with E-state index in [2.05, 4.69) is 0 Å². The zero-order valence-corrected chi connectivity index (χ0v) is 6.06. The zero-order chi connectivity index (χ0) is 8.48. The summed E-state index contributed by atoms with van der Waals surface area (Å²) in [7, 11) is 0. The van der Waals surface area contributed by atoms with Crippen LogP contribution >= 0.6 is 0 Å². The van der Waals surface area contributed by atoms with Gasteiger partial charge >= 0.3 is 6.18 Å². The highest BCUT2D eigenvalue weighted by Gasteiger charge is 2.33. The Hall–Kier alpha value is -0.290. The van der Waals surface area contributed by atoms with Crippen LogP contribution in [0.5, 0.6) is 0 Å². The van der Waals surface area contributed by atoms with Gasteiger partial charge in [-0.2, -0.15) is 13.2 Å². The maximum absolute atomic E-state index is 11.8. The maximum atomic E-state index is 11.8. The molecular weight excluding hydrogens is 157 g/mol. The largest absolute Gasteiger partial charge is 0.401 e. The van der Waals surface area contributed by atoms with Crippen molar-refractivity contribution in [2.45, 2.75) is 18.6 Å². The minimum absolute atomic E-state index is 0.0719. The molecule has 0 aliphatic carbocycles. The van der Waals surface area contributed by atoms with Gasteiger partial charge in [0, 0.05) is 19.1 Å². The Kier molecular flexibility index (Phi) is 2.39. The Balaban J connectivity index is 2.29. The fourth-order valence-electron chi connectivity index (χ4n) is 1.26. The van der Waals surface area contributed by atoms with E-state index in [0.29, 0.717) is 19.5 Å². The average molecular weight is 168 g/mol. The van der Waals surface area contributed by atoms with E-state index in [9.17, 15) is 13.2 Å². The summed E-state index contributed by atoms with van der Waals surface area (Å²) in [4.78, 5) is 1.34. The van der Waals surface area contributed by atoms with Gasteiger partial charge in [0.15, 0.2) is 0 Å². The third kappa shape index (κ3) is 3.07. The van der Waals surface area contributed by atoms with Gasteiger partial charge in [-0.3, -0.25) is 4.90 Å². The summed E-state index contributed by atoms with van der Waals surface area (Å²) in [5, 5.41) is 0. The van der Waals surface area contributed by atoms with Crippen LogP contribution in [-0.4, -0.2) is 36.8 Å². The molecular formula is C6H11F3N2. The molecule has 0 spiro atoms. The first kappa shape index (κ1) is 8.80. The third-order valence-corrected chi connectivity index (χ3v) is 1.71. The highest BCUT2D eigenvalue weighted by atomic mass is 19.4. The summed E-state index contributed by atoms with van der Waals surface area (Å²) in [6.45, 7) is 0.0287. The molecule has 1 heterocycles. The van der Waals surface area contributed by atoms with Crippen LogP contribution in [0, 0.1) is 0 Å². The van der Waals surface area contributed by atoms with Gasteiger partial charge in [-0.25, -0.2) is 0 Å². The molecule has 5 heteroatoms. The molecule has 0 aromatic rings. The Morgan fingerprint density at radius 1 is 1.45 bits per heavy atom. The Morgan fingerprint density at radius 2 is 2.09 bits per heavy atom. The standard InChI is InChI=1S/C6H11F3N2/c7-6(8,9)4-11-2-1-5(10)3-11/h5H,1-4,10H2/t5-/m0/s1. The number of halogens is 3. The van der Waals surface area contributed by atoms with Crippen molar-refractivity contribution in [2.75, 3.05) is 19.6 Å².